The number of sulfone groups is 1. The van der Waals surface area contributed by atoms with Crippen LogP contribution in [0.4, 0.5) is 13.2 Å². The fraction of sp³-hybridized carbons (Fsp3) is 0.276. The van der Waals surface area contributed by atoms with Gasteiger partial charge in [-0.25, -0.2) is 8.42 Å². The molecule has 0 bridgehead atoms. The van der Waals surface area contributed by atoms with Crippen molar-refractivity contribution in [1.29, 1.82) is 0 Å². The third-order valence-corrected chi connectivity index (χ3v) is 8.55. The van der Waals surface area contributed by atoms with Gasteiger partial charge in [-0.2, -0.15) is 13.2 Å². The molecule has 0 aliphatic rings. The molecule has 206 valence electrons. The molecule has 1 aromatic heterocycles. The Morgan fingerprint density at radius 1 is 1.00 bits per heavy atom. The molecule has 1 N–H and O–H groups in total. The van der Waals surface area contributed by atoms with Gasteiger partial charge < -0.3 is 9.88 Å². The first-order chi connectivity index (χ1) is 18.3. The molecule has 5 nitrogen and oxygen atoms in total. The Labute approximate surface area is 230 Å². The Morgan fingerprint density at radius 2 is 1.69 bits per heavy atom. The van der Waals surface area contributed by atoms with Crippen LogP contribution >= 0.6 is 11.6 Å². The number of carbonyl (C=O) groups excluding carboxylic acids is 1. The van der Waals surface area contributed by atoms with Crippen molar-refractivity contribution in [3.05, 3.63) is 99.7 Å². The standard InChI is InChI=1S/C29H28ClF3N2O3S/c1-4-39(37,38)25-10-5-19(6-11-25)17-34-28(36)21-8-12-27-22(13-21)15-24(35(27)18(2)3)14-20-7-9-23(30)16-26(20)29(31,32)33/h5-13,15-16,18H,4,14,17H2,1-3H3,(H,34,36). The van der Waals surface area contributed by atoms with Gasteiger partial charge in [0.1, 0.15) is 0 Å². The van der Waals surface area contributed by atoms with Crippen LogP contribution in [0.15, 0.2) is 71.6 Å². The van der Waals surface area contributed by atoms with Crippen molar-refractivity contribution in [2.45, 2.75) is 50.9 Å². The summed E-state index contributed by atoms with van der Waals surface area (Å²) in [6, 6.07) is 17.1. The highest BCUT2D eigenvalue weighted by molar-refractivity contribution is 7.91. The highest BCUT2D eigenvalue weighted by Crippen LogP contribution is 2.36. The van der Waals surface area contributed by atoms with Crippen LogP contribution in [0.5, 0.6) is 0 Å². The summed E-state index contributed by atoms with van der Waals surface area (Å²) in [7, 11) is -3.30. The molecule has 0 saturated heterocycles. The molecule has 39 heavy (non-hydrogen) atoms. The molecule has 1 heterocycles. The van der Waals surface area contributed by atoms with E-state index in [1.165, 1.54) is 24.3 Å². The number of aromatic nitrogens is 1. The SMILES string of the molecule is CCS(=O)(=O)c1ccc(CNC(=O)c2ccc3c(c2)cc(Cc2ccc(Cl)cc2C(F)(F)F)n3C(C)C)cc1. The van der Waals surface area contributed by atoms with Gasteiger partial charge in [-0.1, -0.05) is 36.7 Å². The zero-order valence-corrected chi connectivity index (χ0v) is 23.2. The molecule has 0 aliphatic carbocycles. The average Bonchev–Trinajstić information content (AvgIpc) is 3.25. The predicted octanol–water partition coefficient (Wildman–Crippen LogP) is 7.21. The lowest BCUT2D eigenvalue weighted by molar-refractivity contribution is -0.138. The summed E-state index contributed by atoms with van der Waals surface area (Å²) in [5.74, 6) is -0.312. The Hall–Kier alpha value is -3.30. The topological polar surface area (TPSA) is 68.2 Å². The first-order valence-electron chi connectivity index (χ1n) is 12.4. The highest BCUT2D eigenvalue weighted by atomic mass is 35.5. The van der Waals surface area contributed by atoms with Crippen LogP contribution in [0.3, 0.4) is 0 Å². The fourth-order valence-corrected chi connectivity index (χ4v) is 5.66. The molecule has 10 heteroatoms. The summed E-state index contributed by atoms with van der Waals surface area (Å²) in [6.07, 6.45) is -4.49. The van der Waals surface area contributed by atoms with Crippen molar-refractivity contribution in [2.75, 3.05) is 5.75 Å². The smallest absolute Gasteiger partial charge is 0.348 e. The molecule has 4 rings (SSSR count). The molecule has 0 radical (unpaired) electrons. The summed E-state index contributed by atoms with van der Waals surface area (Å²) in [4.78, 5) is 13.1. The van der Waals surface area contributed by atoms with Gasteiger partial charge in [0.05, 0.1) is 16.2 Å². The molecule has 0 aliphatic heterocycles. The number of rotatable bonds is 8. The Kier molecular flexibility index (Phi) is 8.14. The number of carbonyl (C=O) groups is 1. The van der Waals surface area contributed by atoms with Crippen LogP contribution in [-0.4, -0.2) is 24.6 Å². The lowest BCUT2D eigenvalue weighted by Crippen LogP contribution is -2.22. The van der Waals surface area contributed by atoms with E-state index in [2.05, 4.69) is 5.32 Å². The quantitative estimate of drug-likeness (QED) is 0.241. The number of amides is 1. The summed E-state index contributed by atoms with van der Waals surface area (Å²) in [6.45, 7) is 5.69. The summed E-state index contributed by atoms with van der Waals surface area (Å²) >= 11 is 5.85. The summed E-state index contributed by atoms with van der Waals surface area (Å²) < 4.78 is 67.0. The van der Waals surface area contributed by atoms with Gasteiger partial charge in [0, 0.05) is 46.2 Å². The number of fused-ring (bicyclic) bond motifs is 1. The molecule has 0 unspecified atom stereocenters. The number of hydrogen-bond acceptors (Lipinski definition) is 3. The van der Waals surface area contributed by atoms with E-state index in [0.717, 1.165) is 22.5 Å². The number of halogens is 4. The van der Waals surface area contributed by atoms with E-state index in [0.29, 0.717) is 11.3 Å². The van der Waals surface area contributed by atoms with Crippen molar-refractivity contribution in [1.82, 2.24) is 9.88 Å². The van der Waals surface area contributed by atoms with Crippen molar-refractivity contribution < 1.29 is 26.4 Å². The lowest BCUT2D eigenvalue weighted by Gasteiger charge is -2.17. The second-order valence-electron chi connectivity index (χ2n) is 9.58. The zero-order valence-electron chi connectivity index (χ0n) is 21.6. The minimum atomic E-state index is -4.54. The molecule has 0 saturated carbocycles. The third-order valence-electron chi connectivity index (χ3n) is 6.56. The van der Waals surface area contributed by atoms with Crippen molar-refractivity contribution in [2.24, 2.45) is 0 Å². The molecule has 4 aromatic rings. The van der Waals surface area contributed by atoms with Gasteiger partial charge >= 0.3 is 6.18 Å². The van der Waals surface area contributed by atoms with Gasteiger partial charge in [0.15, 0.2) is 9.84 Å². The maximum Gasteiger partial charge on any atom is 0.416 e. The number of nitrogens with one attached hydrogen (secondary N) is 1. The number of hydrogen-bond donors (Lipinski definition) is 1. The van der Waals surface area contributed by atoms with Crippen LogP contribution in [0.2, 0.25) is 5.02 Å². The van der Waals surface area contributed by atoms with Crippen LogP contribution in [0.1, 0.15) is 59.6 Å². The van der Waals surface area contributed by atoms with Crippen LogP contribution in [0, 0.1) is 0 Å². The average molecular weight is 577 g/mol. The molecule has 3 aromatic carbocycles. The van der Waals surface area contributed by atoms with E-state index >= 15 is 0 Å². The largest absolute Gasteiger partial charge is 0.416 e. The van der Waals surface area contributed by atoms with E-state index < -0.39 is 21.6 Å². The van der Waals surface area contributed by atoms with Gasteiger partial charge in [-0.3, -0.25) is 4.79 Å². The van der Waals surface area contributed by atoms with E-state index in [9.17, 15) is 26.4 Å². The zero-order chi connectivity index (χ0) is 28.5. The van der Waals surface area contributed by atoms with Gasteiger partial charge in [0.25, 0.3) is 5.91 Å². The molecular formula is C29H28ClF3N2O3S. The second kappa shape index (κ2) is 11.1. The minimum absolute atomic E-state index is 0.00893. The number of nitrogens with zero attached hydrogens (tertiary/aromatic N) is 1. The monoisotopic (exact) mass is 576 g/mol. The van der Waals surface area contributed by atoms with Gasteiger partial charge in [-0.15, -0.1) is 0 Å². The molecular weight excluding hydrogens is 549 g/mol. The van der Waals surface area contributed by atoms with Crippen LogP contribution in [-0.2, 0) is 29.0 Å². The minimum Gasteiger partial charge on any atom is -0.348 e. The fourth-order valence-electron chi connectivity index (χ4n) is 4.61. The van der Waals surface area contributed by atoms with E-state index in [-0.39, 0.29) is 46.1 Å². The summed E-state index contributed by atoms with van der Waals surface area (Å²) in [5, 5.41) is 3.59. The third kappa shape index (κ3) is 6.31. The maximum absolute atomic E-state index is 13.7. The Morgan fingerprint density at radius 3 is 2.31 bits per heavy atom. The maximum atomic E-state index is 13.7. The van der Waals surface area contributed by atoms with E-state index in [1.54, 1.807) is 37.3 Å². The molecule has 0 spiro atoms. The molecule has 1 amide bonds. The van der Waals surface area contributed by atoms with Crippen LogP contribution < -0.4 is 5.32 Å². The predicted molar refractivity (Wildman–Crippen MR) is 147 cm³/mol. The summed E-state index contributed by atoms with van der Waals surface area (Å²) in [5.41, 5.74) is 2.00. The van der Waals surface area contributed by atoms with E-state index in [4.69, 9.17) is 11.6 Å². The Bertz CT molecular complexity index is 1630. The van der Waals surface area contributed by atoms with Gasteiger partial charge in [0.2, 0.25) is 0 Å². The van der Waals surface area contributed by atoms with Crippen molar-refractivity contribution in [3.63, 3.8) is 0 Å². The lowest BCUT2D eigenvalue weighted by atomic mass is 10.0. The second-order valence-corrected chi connectivity index (χ2v) is 12.3. The molecule has 0 atom stereocenters. The first-order valence-corrected chi connectivity index (χ1v) is 14.4. The molecule has 0 fully saturated rings. The number of benzene rings is 3. The highest BCUT2D eigenvalue weighted by Gasteiger charge is 2.33. The van der Waals surface area contributed by atoms with Crippen molar-refractivity contribution in [3.8, 4) is 0 Å². The van der Waals surface area contributed by atoms with Gasteiger partial charge in [-0.05, 0) is 73.5 Å². The Balaban J connectivity index is 1.58. The first kappa shape index (κ1) is 28.7. The van der Waals surface area contributed by atoms with E-state index in [1.807, 2.05) is 24.5 Å². The number of alkyl halides is 3. The van der Waals surface area contributed by atoms with Crippen molar-refractivity contribution >= 4 is 38.2 Å². The normalized spacial score (nSPS) is 12.3. The van der Waals surface area contributed by atoms with Crippen LogP contribution in [0.25, 0.3) is 10.9 Å².